The van der Waals surface area contributed by atoms with Crippen molar-refractivity contribution in [3.63, 3.8) is 0 Å². The van der Waals surface area contributed by atoms with Crippen LogP contribution in [-0.2, 0) is 16.7 Å². The second kappa shape index (κ2) is 6.41. The highest BCUT2D eigenvalue weighted by molar-refractivity contribution is 7.07. The molecule has 0 unspecified atom stereocenters. The van der Waals surface area contributed by atoms with Crippen molar-refractivity contribution >= 4 is 17.3 Å². The molecule has 0 atom stereocenters. The number of hydrogen-bond acceptors (Lipinski definition) is 4. The van der Waals surface area contributed by atoms with E-state index in [2.05, 4.69) is 5.38 Å². The predicted octanol–water partition coefficient (Wildman–Crippen LogP) is 3.65. The Morgan fingerprint density at radius 1 is 1.33 bits per heavy atom. The Bertz CT molecular complexity index is 612. The molecule has 112 valence electrons. The average molecular weight is 303 g/mol. The van der Waals surface area contributed by atoms with Crippen LogP contribution >= 0.6 is 11.3 Å². The van der Waals surface area contributed by atoms with Crippen molar-refractivity contribution in [3.8, 4) is 0 Å². The maximum Gasteiger partial charge on any atom is 0.338 e. The zero-order chi connectivity index (χ0) is 15.5. The summed E-state index contributed by atoms with van der Waals surface area (Å²) in [6.45, 7) is 6.27. The first-order chi connectivity index (χ1) is 9.88. The Morgan fingerprint density at radius 3 is 2.67 bits per heavy atom. The van der Waals surface area contributed by atoms with E-state index in [9.17, 15) is 4.79 Å². The van der Waals surface area contributed by atoms with Crippen LogP contribution in [0.2, 0.25) is 0 Å². The topological polar surface area (TPSA) is 52.3 Å². The smallest absolute Gasteiger partial charge is 0.338 e. The van der Waals surface area contributed by atoms with Gasteiger partial charge in [-0.25, -0.2) is 4.79 Å². The molecule has 1 aromatic carbocycles. The Hall–Kier alpha value is -1.65. The van der Waals surface area contributed by atoms with Gasteiger partial charge in [-0.3, -0.25) is 0 Å². The highest BCUT2D eigenvalue weighted by Gasteiger charge is 2.18. The molecule has 0 aliphatic heterocycles. The number of benzene rings is 1. The number of carbonyl (C=O) groups excluding carboxylic acids is 1. The molecule has 4 heteroatoms. The van der Waals surface area contributed by atoms with Gasteiger partial charge in [0.2, 0.25) is 0 Å². The van der Waals surface area contributed by atoms with Gasteiger partial charge in [-0.15, -0.1) is 0 Å². The molecule has 0 saturated heterocycles. The summed E-state index contributed by atoms with van der Waals surface area (Å²) in [6.07, 6.45) is 0.752. The fourth-order valence-electron chi connectivity index (χ4n) is 2.29. The van der Waals surface area contributed by atoms with Crippen LogP contribution in [-0.4, -0.2) is 12.6 Å². The lowest BCUT2D eigenvalue weighted by Gasteiger charge is -2.22. The zero-order valence-corrected chi connectivity index (χ0v) is 13.5. The molecule has 0 spiro atoms. The lowest BCUT2D eigenvalue weighted by Crippen LogP contribution is -2.29. The quantitative estimate of drug-likeness (QED) is 0.858. The van der Waals surface area contributed by atoms with Gasteiger partial charge in [0.05, 0.1) is 12.2 Å². The van der Waals surface area contributed by atoms with Crippen molar-refractivity contribution in [2.24, 2.45) is 5.73 Å². The first kappa shape index (κ1) is 15.7. The first-order valence-electron chi connectivity index (χ1n) is 6.96. The van der Waals surface area contributed by atoms with Crippen molar-refractivity contribution in [2.75, 3.05) is 6.61 Å². The van der Waals surface area contributed by atoms with E-state index in [-0.39, 0.29) is 5.97 Å². The third-order valence-electron chi connectivity index (χ3n) is 3.36. The van der Waals surface area contributed by atoms with Crippen LogP contribution in [0.5, 0.6) is 0 Å². The van der Waals surface area contributed by atoms with E-state index in [4.69, 9.17) is 10.5 Å². The predicted molar refractivity (Wildman–Crippen MR) is 86.7 cm³/mol. The number of hydrogen-bond donors (Lipinski definition) is 1. The number of ether oxygens (including phenoxy) is 1. The molecular formula is C17H21NO2S. The van der Waals surface area contributed by atoms with E-state index in [1.807, 2.05) is 44.4 Å². The van der Waals surface area contributed by atoms with Crippen LogP contribution in [0.3, 0.4) is 0 Å². The number of aryl methyl sites for hydroxylation is 1. The molecule has 3 nitrogen and oxygen atoms in total. The van der Waals surface area contributed by atoms with Gasteiger partial charge in [0.15, 0.2) is 0 Å². The largest absolute Gasteiger partial charge is 0.462 e. The van der Waals surface area contributed by atoms with Gasteiger partial charge in [-0.1, -0.05) is 6.07 Å². The van der Waals surface area contributed by atoms with Crippen molar-refractivity contribution in [1.29, 1.82) is 0 Å². The molecule has 21 heavy (non-hydrogen) atoms. The van der Waals surface area contributed by atoms with E-state index in [0.717, 1.165) is 17.5 Å². The number of rotatable bonds is 5. The van der Waals surface area contributed by atoms with Crippen molar-refractivity contribution in [2.45, 2.75) is 32.7 Å². The fraction of sp³-hybridized carbons (Fsp3) is 0.353. The molecule has 0 amide bonds. The third kappa shape index (κ3) is 4.16. The molecular weight excluding hydrogens is 282 g/mol. The van der Waals surface area contributed by atoms with E-state index in [0.29, 0.717) is 12.2 Å². The summed E-state index contributed by atoms with van der Waals surface area (Å²) < 4.78 is 5.32. The molecule has 0 saturated carbocycles. The van der Waals surface area contributed by atoms with Gasteiger partial charge in [0, 0.05) is 12.0 Å². The first-order valence-corrected chi connectivity index (χ1v) is 7.90. The van der Waals surface area contributed by atoms with Gasteiger partial charge in [0.25, 0.3) is 0 Å². The van der Waals surface area contributed by atoms with Crippen LogP contribution in [0.25, 0.3) is 0 Å². The standard InChI is InChI=1S/C17H21NO2S/c1-12-10-14(4-5-15(12)17(2,3)18)16(19)20-8-6-13-7-9-21-11-13/h4-5,7,9-11H,6,8,18H2,1-3H3. The Morgan fingerprint density at radius 2 is 2.10 bits per heavy atom. The van der Waals surface area contributed by atoms with Crippen molar-refractivity contribution < 1.29 is 9.53 Å². The van der Waals surface area contributed by atoms with Gasteiger partial charge >= 0.3 is 5.97 Å². The summed E-state index contributed by atoms with van der Waals surface area (Å²) in [5, 5.41) is 4.09. The van der Waals surface area contributed by atoms with Crippen LogP contribution in [0.1, 0.15) is 40.9 Å². The molecule has 0 radical (unpaired) electrons. The normalized spacial score (nSPS) is 11.4. The Kier molecular flexibility index (Phi) is 4.80. The lowest BCUT2D eigenvalue weighted by molar-refractivity contribution is 0.0509. The van der Waals surface area contributed by atoms with Crippen LogP contribution in [0, 0.1) is 6.92 Å². The summed E-state index contributed by atoms with van der Waals surface area (Å²) in [6, 6.07) is 7.58. The Balaban J connectivity index is 1.98. The van der Waals surface area contributed by atoms with Gasteiger partial charge in [0.1, 0.15) is 0 Å². The molecule has 0 bridgehead atoms. The fourth-order valence-corrected chi connectivity index (χ4v) is 3.00. The molecule has 2 rings (SSSR count). The SMILES string of the molecule is Cc1cc(C(=O)OCCc2ccsc2)ccc1C(C)(C)N. The van der Waals surface area contributed by atoms with Crippen molar-refractivity contribution in [3.05, 3.63) is 57.3 Å². The summed E-state index contributed by atoms with van der Waals surface area (Å²) in [5.74, 6) is -0.283. The molecule has 0 aliphatic carbocycles. The molecule has 0 fully saturated rings. The summed E-state index contributed by atoms with van der Waals surface area (Å²) >= 11 is 1.65. The minimum atomic E-state index is -0.411. The lowest BCUT2D eigenvalue weighted by atomic mass is 9.90. The number of carbonyl (C=O) groups is 1. The van der Waals surface area contributed by atoms with Gasteiger partial charge in [-0.2, -0.15) is 11.3 Å². The maximum atomic E-state index is 12.0. The van der Waals surface area contributed by atoms with Gasteiger partial charge < -0.3 is 10.5 Å². The molecule has 2 N–H and O–H groups in total. The van der Waals surface area contributed by atoms with Gasteiger partial charge in [-0.05, 0) is 66.4 Å². The third-order valence-corrected chi connectivity index (χ3v) is 4.09. The number of thiophene rings is 1. The van der Waals surface area contributed by atoms with E-state index < -0.39 is 5.54 Å². The molecule has 0 aliphatic rings. The highest BCUT2D eigenvalue weighted by Crippen LogP contribution is 2.22. The van der Waals surface area contributed by atoms with E-state index >= 15 is 0 Å². The van der Waals surface area contributed by atoms with Crippen LogP contribution in [0.4, 0.5) is 0 Å². The number of nitrogens with two attached hydrogens (primary N) is 1. The van der Waals surface area contributed by atoms with E-state index in [1.54, 1.807) is 17.4 Å². The second-order valence-corrected chi connectivity index (χ2v) is 6.55. The average Bonchev–Trinajstić information content (AvgIpc) is 2.90. The molecule has 2 aromatic rings. The van der Waals surface area contributed by atoms with E-state index in [1.165, 1.54) is 5.56 Å². The van der Waals surface area contributed by atoms with Crippen LogP contribution < -0.4 is 5.73 Å². The highest BCUT2D eigenvalue weighted by atomic mass is 32.1. The second-order valence-electron chi connectivity index (χ2n) is 5.77. The zero-order valence-electron chi connectivity index (χ0n) is 12.7. The minimum absolute atomic E-state index is 0.283. The summed E-state index contributed by atoms with van der Waals surface area (Å²) in [7, 11) is 0. The monoisotopic (exact) mass is 303 g/mol. The Labute approximate surface area is 129 Å². The minimum Gasteiger partial charge on any atom is -0.462 e. The summed E-state index contributed by atoms with van der Waals surface area (Å²) in [5.41, 5.74) is 9.51. The maximum absolute atomic E-state index is 12.0. The molecule has 1 aromatic heterocycles. The van der Waals surface area contributed by atoms with Crippen molar-refractivity contribution in [1.82, 2.24) is 0 Å². The molecule has 1 heterocycles. The van der Waals surface area contributed by atoms with Crippen LogP contribution in [0.15, 0.2) is 35.0 Å². The number of esters is 1. The summed E-state index contributed by atoms with van der Waals surface area (Å²) in [4.78, 5) is 12.0.